The highest BCUT2D eigenvalue weighted by atomic mass is 35.5. The quantitative estimate of drug-likeness (QED) is 0.273. The molecule has 0 heterocycles. The van der Waals surface area contributed by atoms with Crippen LogP contribution < -0.4 is 11.1 Å². The van der Waals surface area contributed by atoms with E-state index in [-0.39, 0.29) is 16.3 Å². The van der Waals surface area contributed by atoms with Crippen molar-refractivity contribution >= 4 is 40.6 Å². The van der Waals surface area contributed by atoms with Gasteiger partial charge in [-0.1, -0.05) is 11.6 Å². The normalized spacial score (nSPS) is 10.3. The number of rotatable bonds is 6. The molecule has 0 unspecified atom stereocenters. The number of nitrogens with zero attached hydrogens (tertiary/aromatic N) is 1. The Hall–Kier alpha value is -2.25. The zero-order valence-corrected chi connectivity index (χ0v) is 13.6. The molecule has 2 rings (SSSR count). The third-order valence-corrected chi connectivity index (χ3v) is 4.29. The number of hydrogen-bond acceptors (Lipinski definition) is 5. The number of nitro benzene ring substituents is 1. The largest absolute Gasteiger partial charge is 0.399 e. The number of nitro groups is 1. The molecule has 0 aliphatic carbocycles. The highest BCUT2D eigenvalue weighted by Gasteiger charge is 2.15. The van der Waals surface area contributed by atoms with E-state index >= 15 is 0 Å². The summed E-state index contributed by atoms with van der Waals surface area (Å²) in [5.41, 5.74) is 6.23. The highest BCUT2D eigenvalue weighted by Crippen LogP contribution is 2.22. The van der Waals surface area contributed by atoms with Gasteiger partial charge in [0.15, 0.2) is 0 Å². The average molecular weight is 352 g/mol. The van der Waals surface area contributed by atoms with Crippen LogP contribution in [0.15, 0.2) is 47.4 Å². The van der Waals surface area contributed by atoms with Crippen LogP contribution in [0.1, 0.15) is 10.4 Å². The van der Waals surface area contributed by atoms with Crippen molar-refractivity contribution in [2.75, 3.05) is 18.0 Å². The Morgan fingerprint density at radius 2 is 1.96 bits per heavy atom. The molecule has 120 valence electrons. The third kappa shape index (κ3) is 4.87. The Morgan fingerprint density at radius 1 is 1.26 bits per heavy atom. The monoisotopic (exact) mass is 351 g/mol. The molecule has 0 bridgehead atoms. The lowest BCUT2D eigenvalue weighted by Crippen LogP contribution is -2.26. The Morgan fingerprint density at radius 3 is 2.61 bits per heavy atom. The first-order chi connectivity index (χ1) is 11.0. The molecular weight excluding hydrogens is 338 g/mol. The van der Waals surface area contributed by atoms with Gasteiger partial charge in [0, 0.05) is 35.0 Å². The first-order valence-corrected chi connectivity index (χ1v) is 8.04. The first-order valence-electron chi connectivity index (χ1n) is 6.68. The van der Waals surface area contributed by atoms with E-state index in [1.54, 1.807) is 11.8 Å². The number of nitrogens with one attached hydrogen (secondary N) is 1. The molecule has 6 nitrogen and oxygen atoms in total. The van der Waals surface area contributed by atoms with Gasteiger partial charge >= 0.3 is 0 Å². The molecule has 2 aromatic carbocycles. The molecule has 0 spiro atoms. The molecule has 0 aliphatic heterocycles. The number of thioether (sulfide) groups is 1. The van der Waals surface area contributed by atoms with Gasteiger partial charge in [0.25, 0.3) is 11.6 Å². The topological polar surface area (TPSA) is 98.3 Å². The maximum atomic E-state index is 12.1. The number of hydrogen-bond donors (Lipinski definition) is 2. The molecular formula is C15H14ClN3O3S. The van der Waals surface area contributed by atoms with Gasteiger partial charge < -0.3 is 11.1 Å². The second-order valence-corrected chi connectivity index (χ2v) is 6.17. The minimum Gasteiger partial charge on any atom is -0.399 e. The summed E-state index contributed by atoms with van der Waals surface area (Å²) in [6.07, 6.45) is 0. The van der Waals surface area contributed by atoms with Crippen LogP contribution in [0.4, 0.5) is 11.4 Å². The second-order valence-electron chi connectivity index (χ2n) is 4.59. The molecule has 0 aromatic heterocycles. The predicted molar refractivity (Wildman–Crippen MR) is 92.0 cm³/mol. The van der Waals surface area contributed by atoms with Crippen molar-refractivity contribution < 1.29 is 9.72 Å². The number of nitrogens with two attached hydrogens (primary N) is 1. The summed E-state index contributed by atoms with van der Waals surface area (Å²) in [5.74, 6) is 0.221. The SMILES string of the molecule is Nc1ccc(SCCNC(=O)c2cc([N+](=O)[O-])ccc2Cl)cc1. The molecule has 8 heteroatoms. The van der Waals surface area contributed by atoms with Crippen LogP contribution in [0.5, 0.6) is 0 Å². The number of amides is 1. The summed E-state index contributed by atoms with van der Waals surface area (Å²) in [7, 11) is 0. The molecule has 3 N–H and O–H groups in total. The van der Waals surface area contributed by atoms with Gasteiger partial charge in [0.1, 0.15) is 0 Å². The lowest BCUT2D eigenvalue weighted by molar-refractivity contribution is -0.384. The summed E-state index contributed by atoms with van der Waals surface area (Å²) in [4.78, 5) is 23.3. The van der Waals surface area contributed by atoms with E-state index in [4.69, 9.17) is 17.3 Å². The molecule has 0 saturated carbocycles. The maximum Gasteiger partial charge on any atom is 0.270 e. The molecule has 2 aromatic rings. The van der Waals surface area contributed by atoms with Crippen molar-refractivity contribution in [3.05, 3.63) is 63.2 Å². The predicted octanol–water partition coefficient (Wildman–Crippen LogP) is 3.35. The van der Waals surface area contributed by atoms with Crippen molar-refractivity contribution in [2.24, 2.45) is 0 Å². The third-order valence-electron chi connectivity index (χ3n) is 2.94. The molecule has 0 radical (unpaired) electrons. The Balaban J connectivity index is 1.88. The average Bonchev–Trinajstić information content (AvgIpc) is 2.53. The standard InChI is InChI=1S/C15H14ClN3O3S/c16-14-6-3-11(19(21)22)9-13(14)15(20)18-7-8-23-12-4-1-10(17)2-5-12/h1-6,9H,7-8,17H2,(H,18,20). The molecule has 0 aliphatic rings. The van der Waals surface area contributed by atoms with E-state index < -0.39 is 10.8 Å². The number of anilines is 1. The molecule has 1 amide bonds. The minimum absolute atomic E-state index is 0.0957. The smallest absolute Gasteiger partial charge is 0.270 e. The van der Waals surface area contributed by atoms with Crippen molar-refractivity contribution in [3.8, 4) is 0 Å². The molecule has 0 fully saturated rings. The van der Waals surface area contributed by atoms with Crippen LogP contribution in [0.2, 0.25) is 5.02 Å². The van der Waals surface area contributed by atoms with E-state index in [0.29, 0.717) is 18.0 Å². The van der Waals surface area contributed by atoms with E-state index in [0.717, 1.165) is 4.90 Å². The molecule has 0 atom stereocenters. The highest BCUT2D eigenvalue weighted by molar-refractivity contribution is 7.99. The van der Waals surface area contributed by atoms with E-state index in [1.165, 1.54) is 18.2 Å². The molecule has 23 heavy (non-hydrogen) atoms. The van der Waals surface area contributed by atoms with Crippen LogP contribution in [-0.4, -0.2) is 23.1 Å². The zero-order valence-electron chi connectivity index (χ0n) is 12.0. The van der Waals surface area contributed by atoms with Gasteiger partial charge in [-0.05, 0) is 30.3 Å². The van der Waals surface area contributed by atoms with Crippen molar-refractivity contribution in [2.45, 2.75) is 4.90 Å². The lowest BCUT2D eigenvalue weighted by atomic mass is 10.2. The maximum absolute atomic E-state index is 12.1. The molecule has 0 saturated heterocycles. The summed E-state index contributed by atoms with van der Waals surface area (Å²) >= 11 is 7.49. The van der Waals surface area contributed by atoms with E-state index in [9.17, 15) is 14.9 Å². The van der Waals surface area contributed by atoms with Gasteiger partial charge in [-0.2, -0.15) is 0 Å². The number of carbonyl (C=O) groups is 1. The van der Waals surface area contributed by atoms with Crippen molar-refractivity contribution in [1.82, 2.24) is 5.32 Å². The Labute approximate surface area is 142 Å². The number of halogens is 1. The Kier molecular flexibility index (Phi) is 5.84. The number of carbonyl (C=O) groups excluding carboxylic acids is 1. The van der Waals surface area contributed by atoms with E-state index in [1.807, 2.05) is 24.3 Å². The summed E-state index contributed by atoms with van der Waals surface area (Å²) in [5, 5.41) is 13.6. The van der Waals surface area contributed by atoms with Gasteiger partial charge in [-0.3, -0.25) is 14.9 Å². The van der Waals surface area contributed by atoms with Gasteiger partial charge in [-0.25, -0.2) is 0 Å². The summed E-state index contributed by atoms with van der Waals surface area (Å²) in [6.45, 7) is 0.410. The second kappa shape index (κ2) is 7.85. The van der Waals surface area contributed by atoms with Gasteiger partial charge in [0.05, 0.1) is 15.5 Å². The first kappa shape index (κ1) is 17.1. The number of nitrogen functional groups attached to an aromatic ring is 1. The van der Waals surface area contributed by atoms with Gasteiger partial charge in [-0.15, -0.1) is 11.8 Å². The van der Waals surface area contributed by atoms with Crippen molar-refractivity contribution in [1.29, 1.82) is 0 Å². The lowest BCUT2D eigenvalue weighted by Gasteiger charge is -2.07. The fourth-order valence-corrected chi connectivity index (χ4v) is 2.77. The fourth-order valence-electron chi connectivity index (χ4n) is 1.79. The van der Waals surface area contributed by atoms with Crippen LogP contribution in [0.25, 0.3) is 0 Å². The minimum atomic E-state index is -0.565. The fraction of sp³-hybridized carbons (Fsp3) is 0.133. The van der Waals surface area contributed by atoms with Crippen LogP contribution in [0.3, 0.4) is 0 Å². The van der Waals surface area contributed by atoms with Crippen LogP contribution in [0, 0.1) is 10.1 Å². The summed E-state index contributed by atoms with van der Waals surface area (Å²) < 4.78 is 0. The number of non-ortho nitro benzene ring substituents is 1. The van der Waals surface area contributed by atoms with Crippen molar-refractivity contribution in [3.63, 3.8) is 0 Å². The van der Waals surface area contributed by atoms with Crippen LogP contribution >= 0.6 is 23.4 Å². The number of benzene rings is 2. The van der Waals surface area contributed by atoms with E-state index in [2.05, 4.69) is 5.32 Å². The summed E-state index contributed by atoms with van der Waals surface area (Å²) in [6, 6.07) is 11.2. The Bertz CT molecular complexity index is 722. The van der Waals surface area contributed by atoms with Crippen LogP contribution in [-0.2, 0) is 0 Å². The van der Waals surface area contributed by atoms with Gasteiger partial charge in [0.2, 0.25) is 0 Å². The zero-order chi connectivity index (χ0) is 16.8.